The van der Waals surface area contributed by atoms with Gasteiger partial charge in [0.05, 0.1) is 0 Å². The Hall–Kier alpha value is -2.39. The van der Waals surface area contributed by atoms with Gasteiger partial charge in [0.2, 0.25) is 11.6 Å². The zero-order valence-electron chi connectivity index (χ0n) is 12.7. The summed E-state index contributed by atoms with van der Waals surface area (Å²) in [5.74, 6) is -0.540. The van der Waals surface area contributed by atoms with Crippen LogP contribution in [-0.4, -0.2) is 17.6 Å². The molecule has 1 aliphatic carbocycles. The van der Waals surface area contributed by atoms with Crippen molar-refractivity contribution in [2.45, 2.75) is 19.4 Å². The molecule has 1 aliphatic rings. The van der Waals surface area contributed by atoms with Crippen molar-refractivity contribution in [3.8, 4) is 0 Å². The molecule has 1 atom stereocenters. The van der Waals surface area contributed by atoms with E-state index in [1.165, 1.54) is 0 Å². The van der Waals surface area contributed by atoms with E-state index in [4.69, 9.17) is 11.6 Å². The molecule has 0 heterocycles. The van der Waals surface area contributed by atoms with Crippen LogP contribution in [0.15, 0.2) is 65.3 Å². The number of hydrogen-bond donors (Lipinski definition) is 1. The summed E-state index contributed by atoms with van der Waals surface area (Å²) < 4.78 is 0. The Balaban J connectivity index is 1.84. The monoisotopic (exact) mass is 325 g/mol. The first-order chi connectivity index (χ1) is 11.1. The highest BCUT2D eigenvalue weighted by molar-refractivity contribution is 6.49. The molecule has 0 radical (unpaired) electrons. The van der Waals surface area contributed by atoms with Crippen LogP contribution in [0.3, 0.4) is 0 Å². The Morgan fingerprint density at radius 2 is 1.48 bits per heavy atom. The van der Waals surface area contributed by atoms with Gasteiger partial charge in [0.25, 0.3) is 0 Å². The largest absolute Gasteiger partial charge is 0.378 e. The van der Waals surface area contributed by atoms with Gasteiger partial charge < -0.3 is 5.32 Å². The lowest BCUT2D eigenvalue weighted by Crippen LogP contribution is -2.35. The summed E-state index contributed by atoms with van der Waals surface area (Å²) in [7, 11) is 0. The van der Waals surface area contributed by atoms with Crippen LogP contribution < -0.4 is 5.32 Å². The molecule has 0 saturated heterocycles. The summed E-state index contributed by atoms with van der Waals surface area (Å²) in [6, 6.07) is 16.7. The minimum Gasteiger partial charge on any atom is -0.378 e. The van der Waals surface area contributed by atoms with Crippen molar-refractivity contribution < 1.29 is 9.59 Å². The molecule has 3 rings (SSSR count). The van der Waals surface area contributed by atoms with E-state index in [1.807, 2.05) is 37.3 Å². The van der Waals surface area contributed by atoms with Crippen molar-refractivity contribution in [3.05, 3.63) is 82.0 Å². The van der Waals surface area contributed by atoms with Gasteiger partial charge in [0.1, 0.15) is 10.7 Å². The van der Waals surface area contributed by atoms with Crippen LogP contribution in [0.5, 0.6) is 0 Å². The second-order valence-electron chi connectivity index (χ2n) is 5.63. The van der Waals surface area contributed by atoms with Crippen molar-refractivity contribution in [1.82, 2.24) is 5.32 Å². The molecular formula is C19H16ClNO2. The smallest absolute Gasteiger partial charge is 0.211 e. The fourth-order valence-electron chi connectivity index (χ4n) is 2.74. The van der Waals surface area contributed by atoms with Crippen LogP contribution in [-0.2, 0) is 6.42 Å². The Morgan fingerprint density at radius 1 is 0.913 bits per heavy atom. The molecule has 1 N–H and O–H groups in total. The predicted octanol–water partition coefficient (Wildman–Crippen LogP) is 3.74. The van der Waals surface area contributed by atoms with E-state index in [-0.39, 0.29) is 28.3 Å². The van der Waals surface area contributed by atoms with Crippen molar-refractivity contribution in [1.29, 1.82) is 0 Å². The average Bonchev–Trinajstić information content (AvgIpc) is 2.57. The molecule has 2 aromatic rings. The van der Waals surface area contributed by atoms with Crippen molar-refractivity contribution >= 4 is 23.2 Å². The zero-order valence-corrected chi connectivity index (χ0v) is 13.4. The van der Waals surface area contributed by atoms with E-state index in [1.54, 1.807) is 24.3 Å². The topological polar surface area (TPSA) is 46.2 Å². The van der Waals surface area contributed by atoms with Gasteiger partial charge in [0, 0.05) is 17.2 Å². The standard InChI is InChI=1S/C19H16ClNO2/c1-12(11-13-7-3-2-4-8-13)21-17-16(20)18(22)14-9-5-6-10-15(14)19(17)23/h2-10,12,21H,11H2,1H3. The first-order valence-electron chi connectivity index (χ1n) is 7.46. The highest BCUT2D eigenvalue weighted by Gasteiger charge is 2.31. The Morgan fingerprint density at radius 3 is 2.13 bits per heavy atom. The van der Waals surface area contributed by atoms with E-state index >= 15 is 0 Å². The molecule has 3 nitrogen and oxygen atoms in total. The summed E-state index contributed by atoms with van der Waals surface area (Å²) in [6.07, 6.45) is 0.734. The van der Waals surface area contributed by atoms with Gasteiger partial charge in [-0.1, -0.05) is 66.2 Å². The van der Waals surface area contributed by atoms with E-state index in [2.05, 4.69) is 5.32 Å². The Labute approximate surface area is 140 Å². The lowest BCUT2D eigenvalue weighted by molar-refractivity contribution is 0.0973. The highest BCUT2D eigenvalue weighted by Crippen LogP contribution is 2.27. The molecule has 0 saturated carbocycles. The van der Waals surface area contributed by atoms with Gasteiger partial charge in [-0.05, 0) is 18.9 Å². The normalized spacial score (nSPS) is 15.4. The second-order valence-corrected chi connectivity index (χ2v) is 6.01. The number of halogens is 1. The van der Waals surface area contributed by atoms with E-state index in [0.717, 1.165) is 12.0 Å². The number of nitrogens with one attached hydrogen (secondary N) is 1. The third-order valence-corrected chi connectivity index (χ3v) is 4.20. The molecule has 0 spiro atoms. The van der Waals surface area contributed by atoms with Crippen LogP contribution in [0.25, 0.3) is 0 Å². The number of Topliss-reactive ketones (excluding diaryl/α,β-unsaturated/α-hetero) is 2. The van der Waals surface area contributed by atoms with Gasteiger partial charge in [-0.25, -0.2) is 0 Å². The molecule has 0 aliphatic heterocycles. The van der Waals surface area contributed by atoms with Gasteiger partial charge in [0.15, 0.2) is 0 Å². The lowest BCUT2D eigenvalue weighted by Gasteiger charge is -2.22. The molecule has 0 bridgehead atoms. The van der Waals surface area contributed by atoms with Gasteiger partial charge in [-0.2, -0.15) is 0 Å². The van der Waals surface area contributed by atoms with Crippen molar-refractivity contribution in [2.24, 2.45) is 0 Å². The van der Waals surface area contributed by atoms with Crippen LogP contribution in [0.2, 0.25) is 0 Å². The molecule has 23 heavy (non-hydrogen) atoms. The molecular weight excluding hydrogens is 310 g/mol. The predicted molar refractivity (Wildman–Crippen MR) is 90.7 cm³/mol. The first kappa shape index (κ1) is 15.5. The molecule has 1 unspecified atom stereocenters. The molecule has 0 aromatic heterocycles. The molecule has 0 fully saturated rings. The summed E-state index contributed by atoms with van der Waals surface area (Å²) >= 11 is 6.15. The Kier molecular flexibility index (Phi) is 4.30. The summed E-state index contributed by atoms with van der Waals surface area (Å²) in [5.41, 5.74) is 2.11. The quantitative estimate of drug-likeness (QED) is 0.931. The Bertz CT molecular complexity index is 796. The molecule has 2 aromatic carbocycles. The van der Waals surface area contributed by atoms with Crippen LogP contribution in [0, 0.1) is 0 Å². The third kappa shape index (κ3) is 3.06. The number of allylic oxidation sites excluding steroid dienone is 2. The fourth-order valence-corrected chi connectivity index (χ4v) is 2.98. The van der Waals surface area contributed by atoms with E-state index in [0.29, 0.717) is 11.1 Å². The number of rotatable bonds is 4. The van der Waals surface area contributed by atoms with Crippen LogP contribution in [0.4, 0.5) is 0 Å². The zero-order chi connectivity index (χ0) is 16.4. The molecule has 4 heteroatoms. The maximum Gasteiger partial charge on any atom is 0.211 e. The van der Waals surface area contributed by atoms with Gasteiger partial charge in [-0.15, -0.1) is 0 Å². The number of benzene rings is 2. The van der Waals surface area contributed by atoms with E-state index < -0.39 is 0 Å². The average molecular weight is 326 g/mol. The highest BCUT2D eigenvalue weighted by atomic mass is 35.5. The summed E-state index contributed by atoms with van der Waals surface area (Å²) in [6.45, 7) is 1.96. The minimum atomic E-state index is -0.309. The second kappa shape index (κ2) is 6.39. The number of ketones is 2. The fraction of sp³-hybridized carbons (Fsp3) is 0.158. The van der Waals surface area contributed by atoms with Crippen molar-refractivity contribution in [3.63, 3.8) is 0 Å². The van der Waals surface area contributed by atoms with Gasteiger partial charge in [-0.3, -0.25) is 9.59 Å². The van der Waals surface area contributed by atoms with Crippen molar-refractivity contribution in [2.75, 3.05) is 0 Å². The van der Waals surface area contributed by atoms with Crippen LogP contribution in [0.1, 0.15) is 33.2 Å². The lowest BCUT2D eigenvalue weighted by atomic mass is 9.92. The molecule has 0 amide bonds. The minimum absolute atomic E-state index is 0.0248. The maximum absolute atomic E-state index is 12.6. The number of carbonyl (C=O) groups excluding carboxylic acids is 2. The van der Waals surface area contributed by atoms with E-state index in [9.17, 15) is 9.59 Å². The first-order valence-corrected chi connectivity index (χ1v) is 7.84. The third-order valence-electron chi connectivity index (χ3n) is 3.84. The maximum atomic E-state index is 12.6. The number of fused-ring (bicyclic) bond motifs is 1. The van der Waals surface area contributed by atoms with Gasteiger partial charge >= 0.3 is 0 Å². The summed E-state index contributed by atoms with van der Waals surface area (Å²) in [4.78, 5) is 24.9. The SMILES string of the molecule is CC(Cc1ccccc1)NC1=C(Cl)C(=O)c2ccccc2C1=O. The summed E-state index contributed by atoms with van der Waals surface area (Å²) in [5, 5.41) is 3.08. The number of carbonyl (C=O) groups is 2. The van der Waals surface area contributed by atoms with Crippen LogP contribution >= 0.6 is 11.6 Å². The molecule has 116 valence electrons. The number of hydrogen-bond acceptors (Lipinski definition) is 3.